The number of piperidine rings is 1. The minimum Gasteiger partial charge on any atom is -0.481 e. The number of nitrogens with zero attached hydrogens (tertiary/aromatic N) is 2. The molecule has 0 saturated carbocycles. The van der Waals surface area contributed by atoms with Gasteiger partial charge in [0.25, 0.3) is 5.91 Å². The van der Waals surface area contributed by atoms with Crippen molar-refractivity contribution >= 4 is 23.2 Å². The van der Waals surface area contributed by atoms with Gasteiger partial charge in [-0.2, -0.15) is 0 Å². The van der Waals surface area contributed by atoms with Crippen LogP contribution >= 0.6 is 11.3 Å². The van der Waals surface area contributed by atoms with Gasteiger partial charge in [-0.1, -0.05) is 12.1 Å². The zero-order valence-corrected chi connectivity index (χ0v) is 14.5. The van der Waals surface area contributed by atoms with Gasteiger partial charge in [0, 0.05) is 29.1 Å². The number of carbonyl (C=O) groups is 2. The lowest BCUT2D eigenvalue weighted by atomic mass is 9.89. The number of thiazole rings is 1. The summed E-state index contributed by atoms with van der Waals surface area (Å²) in [5.74, 6) is -1.43. The first kappa shape index (κ1) is 16.6. The lowest BCUT2D eigenvalue weighted by molar-refractivity contribution is -0.144. The van der Waals surface area contributed by atoms with Crippen molar-refractivity contribution in [2.24, 2.45) is 5.92 Å². The van der Waals surface area contributed by atoms with Gasteiger partial charge in [0.15, 0.2) is 0 Å². The van der Waals surface area contributed by atoms with Crippen molar-refractivity contribution in [3.05, 3.63) is 40.2 Å². The molecule has 1 amide bonds. The van der Waals surface area contributed by atoms with E-state index in [0.29, 0.717) is 18.5 Å². The summed E-state index contributed by atoms with van der Waals surface area (Å²) in [7, 11) is 0. The molecule has 0 radical (unpaired) electrons. The second-order valence-corrected chi connectivity index (χ2v) is 7.22. The predicted molar refractivity (Wildman–Crippen MR) is 93.1 cm³/mol. The first-order valence-corrected chi connectivity index (χ1v) is 8.91. The number of aryl methyl sites for hydroxylation is 1. The Labute approximate surface area is 145 Å². The van der Waals surface area contributed by atoms with Crippen molar-refractivity contribution in [3.63, 3.8) is 0 Å². The summed E-state index contributed by atoms with van der Waals surface area (Å²) in [5.41, 5.74) is 2.35. The molecule has 0 aliphatic carbocycles. The first-order valence-electron chi connectivity index (χ1n) is 8.03. The van der Waals surface area contributed by atoms with Gasteiger partial charge in [-0.05, 0) is 38.8 Å². The molecule has 5 nitrogen and oxygen atoms in total. The third-order valence-corrected chi connectivity index (χ3v) is 5.36. The number of hydrogen-bond acceptors (Lipinski definition) is 4. The quantitative estimate of drug-likeness (QED) is 0.926. The molecular weight excluding hydrogens is 324 g/mol. The van der Waals surface area contributed by atoms with Crippen molar-refractivity contribution in [2.45, 2.75) is 32.7 Å². The average Bonchev–Trinajstić information content (AvgIpc) is 3.01. The topological polar surface area (TPSA) is 70.5 Å². The summed E-state index contributed by atoms with van der Waals surface area (Å²) < 4.78 is 0. The number of aromatic nitrogens is 1. The number of aliphatic carboxylic acids is 1. The van der Waals surface area contributed by atoms with Gasteiger partial charge in [0.2, 0.25) is 0 Å². The van der Waals surface area contributed by atoms with Gasteiger partial charge in [0.1, 0.15) is 0 Å². The van der Waals surface area contributed by atoms with Crippen molar-refractivity contribution in [1.82, 2.24) is 9.88 Å². The summed E-state index contributed by atoms with van der Waals surface area (Å²) in [4.78, 5) is 30.4. The van der Waals surface area contributed by atoms with Crippen LogP contribution in [-0.4, -0.2) is 39.5 Å². The molecule has 2 heterocycles. The highest BCUT2D eigenvalue weighted by molar-refractivity contribution is 7.09. The van der Waals surface area contributed by atoms with Gasteiger partial charge in [-0.3, -0.25) is 9.59 Å². The number of carbonyl (C=O) groups excluding carboxylic acids is 1. The van der Waals surface area contributed by atoms with Crippen LogP contribution in [0.25, 0.3) is 11.3 Å². The van der Waals surface area contributed by atoms with Gasteiger partial charge in [0.05, 0.1) is 16.6 Å². The molecule has 3 rings (SSSR count). The van der Waals surface area contributed by atoms with E-state index >= 15 is 0 Å². The van der Waals surface area contributed by atoms with E-state index in [1.54, 1.807) is 22.3 Å². The summed E-state index contributed by atoms with van der Waals surface area (Å²) in [6.45, 7) is 4.37. The highest BCUT2D eigenvalue weighted by atomic mass is 32.1. The largest absolute Gasteiger partial charge is 0.481 e. The van der Waals surface area contributed by atoms with E-state index in [-0.39, 0.29) is 11.9 Å². The van der Waals surface area contributed by atoms with Crippen molar-refractivity contribution in [1.29, 1.82) is 0 Å². The second kappa shape index (κ2) is 6.73. The van der Waals surface area contributed by atoms with E-state index in [1.807, 2.05) is 37.4 Å². The van der Waals surface area contributed by atoms with E-state index in [0.717, 1.165) is 22.7 Å². The molecule has 24 heavy (non-hydrogen) atoms. The molecule has 1 fully saturated rings. The highest BCUT2D eigenvalue weighted by Crippen LogP contribution is 2.27. The van der Waals surface area contributed by atoms with Crippen molar-refractivity contribution in [2.75, 3.05) is 6.54 Å². The maximum atomic E-state index is 12.9. The molecule has 1 aliphatic heterocycles. The molecule has 126 valence electrons. The average molecular weight is 344 g/mol. The van der Waals surface area contributed by atoms with Crippen LogP contribution in [0, 0.1) is 12.8 Å². The van der Waals surface area contributed by atoms with Crippen molar-refractivity contribution in [3.8, 4) is 11.3 Å². The number of rotatable bonds is 3. The SMILES string of the molecule is Cc1nc(-c2cccc(C(=O)N3CCC[C@@H](C(=O)O)[C@H]3C)c2)cs1. The minimum atomic E-state index is -0.827. The molecule has 6 heteroatoms. The molecule has 0 spiro atoms. The molecule has 2 atom stereocenters. The van der Waals surface area contributed by atoms with Gasteiger partial charge >= 0.3 is 5.97 Å². The molecule has 0 bridgehead atoms. The summed E-state index contributed by atoms with van der Waals surface area (Å²) in [6, 6.07) is 7.11. The van der Waals surface area contributed by atoms with Gasteiger partial charge in [-0.15, -0.1) is 11.3 Å². The fourth-order valence-corrected chi connectivity index (χ4v) is 3.86. The highest BCUT2D eigenvalue weighted by Gasteiger charge is 2.35. The third-order valence-electron chi connectivity index (χ3n) is 4.59. The smallest absolute Gasteiger partial charge is 0.308 e. The summed E-state index contributed by atoms with van der Waals surface area (Å²) in [6.07, 6.45) is 1.34. The minimum absolute atomic E-state index is 0.109. The lowest BCUT2D eigenvalue weighted by Crippen LogP contribution is -2.49. The molecule has 2 aromatic rings. The molecule has 0 unspecified atom stereocenters. The number of hydrogen-bond donors (Lipinski definition) is 1. The van der Waals surface area contributed by atoms with Crippen LogP contribution in [0.3, 0.4) is 0 Å². The maximum Gasteiger partial charge on any atom is 0.308 e. The Kier molecular flexibility index (Phi) is 4.66. The van der Waals surface area contributed by atoms with Crippen LogP contribution in [0.15, 0.2) is 29.6 Å². The predicted octanol–water partition coefficient (Wildman–Crippen LogP) is 3.44. The van der Waals surface area contributed by atoms with E-state index < -0.39 is 11.9 Å². The molecule has 1 aromatic carbocycles. The van der Waals surface area contributed by atoms with E-state index in [1.165, 1.54) is 0 Å². The Balaban J connectivity index is 1.86. The second-order valence-electron chi connectivity index (χ2n) is 6.16. The molecule has 1 aliphatic rings. The number of amides is 1. The van der Waals surface area contributed by atoms with Crippen LogP contribution in [0.1, 0.15) is 35.1 Å². The summed E-state index contributed by atoms with van der Waals surface area (Å²) in [5, 5.41) is 12.3. The van der Waals surface area contributed by atoms with Crippen molar-refractivity contribution < 1.29 is 14.7 Å². The standard InChI is InChI=1S/C18H20N2O3S/c1-11-15(18(22)23)7-4-8-20(11)17(21)14-6-3-5-13(9-14)16-10-24-12(2)19-16/h3,5-6,9-11,15H,4,7-8H2,1-2H3,(H,22,23)/t11-,15-/m1/s1. The van der Waals surface area contributed by atoms with Crippen LogP contribution in [0.5, 0.6) is 0 Å². The number of carboxylic acid groups (broad SMARTS) is 1. The lowest BCUT2D eigenvalue weighted by Gasteiger charge is -2.37. The van der Waals surface area contributed by atoms with Crippen LogP contribution < -0.4 is 0 Å². The van der Waals surface area contributed by atoms with Crippen LogP contribution in [0.4, 0.5) is 0 Å². The fourth-order valence-electron chi connectivity index (χ4n) is 3.23. The summed E-state index contributed by atoms with van der Waals surface area (Å²) >= 11 is 1.57. The maximum absolute atomic E-state index is 12.9. The molecular formula is C18H20N2O3S. The monoisotopic (exact) mass is 344 g/mol. The molecule has 1 N–H and O–H groups in total. The number of carboxylic acids is 1. The Morgan fingerprint density at radius 2 is 2.17 bits per heavy atom. The Morgan fingerprint density at radius 1 is 1.38 bits per heavy atom. The zero-order valence-electron chi connectivity index (χ0n) is 13.7. The van der Waals surface area contributed by atoms with E-state index in [9.17, 15) is 14.7 Å². The molecule has 1 saturated heterocycles. The van der Waals surface area contributed by atoms with Gasteiger partial charge < -0.3 is 10.0 Å². The first-order chi connectivity index (χ1) is 11.5. The normalized spacial score (nSPS) is 20.8. The Bertz CT molecular complexity index is 771. The zero-order chi connectivity index (χ0) is 17.3. The van der Waals surface area contributed by atoms with Gasteiger partial charge in [-0.25, -0.2) is 4.98 Å². The molecule has 1 aromatic heterocycles. The van der Waals surface area contributed by atoms with E-state index in [4.69, 9.17) is 0 Å². The number of likely N-dealkylation sites (tertiary alicyclic amines) is 1. The van der Waals surface area contributed by atoms with Crippen LogP contribution in [-0.2, 0) is 4.79 Å². The Morgan fingerprint density at radius 3 is 2.83 bits per heavy atom. The fraction of sp³-hybridized carbons (Fsp3) is 0.389. The third kappa shape index (κ3) is 3.19. The van der Waals surface area contributed by atoms with E-state index in [2.05, 4.69) is 4.98 Å². The number of benzene rings is 1. The Hall–Kier alpha value is -2.21. The van der Waals surface area contributed by atoms with Crippen LogP contribution in [0.2, 0.25) is 0 Å².